The van der Waals surface area contributed by atoms with Crippen molar-refractivity contribution in [3.8, 4) is 5.69 Å². The van der Waals surface area contributed by atoms with Crippen LogP contribution in [0, 0.1) is 0 Å². The molecule has 4 nitrogen and oxygen atoms in total. The van der Waals surface area contributed by atoms with E-state index in [1.807, 2.05) is 29.0 Å². The highest BCUT2D eigenvalue weighted by molar-refractivity contribution is 9.10. The standard InChI is InChI=1S/C12H10BrN3O/c1-15-7-8-2-3-9(13)6-10(8)16-5-4-14-11(16)12(15)17/h2-6H,7H2,1H3. The fourth-order valence-electron chi connectivity index (χ4n) is 2.05. The highest BCUT2D eigenvalue weighted by atomic mass is 79.9. The Kier molecular flexibility index (Phi) is 2.29. The van der Waals surface area contributed by atoms with Crippen LogP contribution in [0.15, 0.2) is 35.1 Å². The molecule has 0 saturated carbocycles. The number of hydrogen-bond acceptors (Lipinski definition) is 2. The molecule has 86 valence electrons. The average molecular weight is 292 g/mol. The van der Waals surface area contributed by atoms with E-state index < -0.39 is 0 Å². The zero-order valence-corrected chi connectivity index (χ0v) is 10.8. The Morgan fingerprint density at radius 3 is 3.06 bits per heavy atom. The Bertz CT molecular complexity index is 606. The molecule has 1 amide bonds. The number of halogens is 1. The first-order valence-corrected chi connectivity index (χ1v) is 6.04. The van der Waals surface area contributed by atoms with Gasteiger partial charge in [0.25, 0.3) is 5.91 Å². The van der Waals surface area contributed by atoms with Crippen LogP contribution in [0.25, 0.3) is 5.69 Å². The average Bonchev–Trinajstić information content (AvgIpc) is 2.75. The van der Waals surface area contributed by atoms with Crippen LogP contribution >= 0.6 is 15.9 Å². The summed E-state index contributed by atoms with van der Waals surface area (Å²) in [7, 11) is 1.79. The van der Waals surface area contributed by atoms with Crippen molar-refractivity contribution in [2.75, 3.05) is 7.05 Å². The summed E-state index contributed by atoms with van der Waals surface area (Å²) in [4.78, 5) is 17.9. The summed E-state index contributed by atoms with van der Waals surface area (Å²) in [5, 5.41) is 0. The number of rotatable bonds is 0. The van der Waals surface area contributed by atoms with Gasteiger partial charge in [0, 0.05) is 30.5 Å². The molecule has 1 aliphatic rings. The molecule has 2 aromatic rings. The first-order chi connectivity index (χ1) is 8.16. The van der Waals surface area contributed by atoms with E-state index in [0.29, 0.717) is 12.4 Å². The van der Waals surface area contributed by atoms with Crippen LogP contribution in [0.2, 0.25) is 0 Å². The largest absolute Gasteiger partial charge is 0.335 e. The van der Waals surface area contributed by atoms with E-state index in [-0.39, 0.29) is 5.91 Å². The second-order valence-corrected chi connectivity index (χ2v) is 4.97. The van der Waals surface area contributed by atoms with Gasteiger partial charge in [-0.3, -0.25) is 9.36 Å². The number of benzene rings is 1. The maximum atomic E-state index is 12.1. The van der Waals surface area contributed by atoms with Crippen LogP contribution in [0.1, 0.15) is 16.2 Å². The van der Waals surface area contributed by atoms with Crippen LogP contribution < -0.4 is 0 Å². The predicted molar refractivity (Wildman–Crippen MR) is 67.1 cm³/mol. The molecule has 0 unspecified atom stereocenters. The van der Waals surface area contributed by atoms with Gasteiger partial charge < -0.3 is 4.90 Å². The van der Waals surface area contributed by atoms with Crippen LogP contribution in [0.3, 0.4) is 0 Å². The zero-order chi connectivity index (χ0) is 12.0. The molecule has 0 fully saturated rings. The third-order valence-electron chi connectivity index (χ3n) is 2.89. The topological polar surface area (TPSA) is 38.1 Å². The Morgan fingerprint density at radius 1 is 1.41 bits per heavy atom. The summed E-state index contributed by atoms with van der Waals surface area (Å²) in [6, 6.07) is 6.02. The lowest BCUT2D eigenvalue weighted by Crippen LogP contribution is -2.26. The summed E-state index contributed by atoms with van der Waals surface area (Å²) in [5.74, 6) is 0.409. The van der Waals surface area contributed by atoms with E-state index in [0.717, 1.165) is 15.7 Å². The van der Waals surface area contributed by atoms with Gasteiger partial charge in [0.2, 0.25) is 5.82 Å². The van der Waals surface area contributed by atoms with Crippen LogP contribution in [0.5, 0.6) is 0 Å². The van der Waals surface area contributed by atoms with Crippen molar-refractivity contribution in [2.45, 2.75) is 6.54 Å². The first-order valence-electron chi connectivity index (χ1n) is 5.24. The molecule has 3 rings (SSSR count). The number of hydrogen-bond donors (Lipinski definition) is 0. The molecule has 0 bridgehead atoms. The van der Waals surface area contributed by atoms with Gasteiger partial charge in [-0.1, -0.05) is 22.0 Å². The molecule has 2 heterocycles. The number of imidazole rings is 1. The SMILES string of the molecule is CN1Cc2ccc(Br)cc2-n2ccnc2C1=O. The van der Waals surface area contributed by atoms with Crippen molar-refractivity contribution in [2.24, 2.45) is 0 Å². The maximum absolute atomic E-state index is 12.1. The van der Waals surface area contributed by atoms with E-state index in [1.54, 1.807) is 18.1 Å². The number of amides is 1. The van der Waals surface area contributed by atoms with Crippen molar-refractivity contribution in [3.63, 3.8) is 0 Å². The van der Waals surface area contributed by atoms with Crippen molar-refractivity contribution < 1.29 is 4.79 Å². The number of carbonyl (C=O) groups excluding carboxylic acids is 1. The van der Waals surface area contributed by atoms with Gasteiger partial charge in [0.15, 0.2) is 0 Å². The van der Waals surface area contributed by atoms with Gasteiger partial charge in [0.05, 0.1) is 5.69 Å². The van der Waals surface area contributed by atoms with Gasteiger partial charge in [-0.25, -0.2) is 4.98 Å². The molecule has 0 atom stereocenters. The normalized spacial score (nSPS) is 14.2. The third-order valence-corrected chi connectivity index (χ3v) is 3.39. The number of fused-ring (bicyclic) bond motifs is 3. The smallest absolute Gasteiger partial charge is 0.290 e. The molecule has 0 radical (unpaired) electrons. The summed E-state index contributed by atoms with van der Waals surface area (Å²) in [6.45, 7) is 0.602. The Balaban J connectivity index is 2.31. The molecule has 0 aliphatic carbocycles. The predicted octanol–water partition coefficient (Wildman–Crippen LogP) is 2.22. The minimum Gasteiger partial charge on any atom is -0.335 e. The fourth-order valence-corrected chi connectivity index (χ4v) is 2.40. The molecule has 0 saturated heterocycles. The Morgan fingerprint density at radius 2 is 2.24 bits per heavy atom. The number of nitrogens with zero attached hydrogens (tertiary/aromatic N) is 3. The van der Waals surface area contributed by atoms with Crippen molar-refractivity contribution in [1.82, 2.24) is 14.5 Å². The second-order valence-electron chi connectivity index (χ2n) is 4.06. The maximum Gasteiger partial charge on any atom is 0.290 e. The molecule has 1 aromatic carbocycles. The summed E-state index contributed by atoms with van der Waals surface area (Å²) < 4.78 is 2.83. The van der Waals surface area contributed by atoms with Gasteiger partial charge in [-0.2, -0.15) is 0 Å². The van der Waals surface area contributed by atoms with E-state index in [2.05, 4.69) is 20.9 Å². The van der Waals surface area contributed by atoms with Gasteiger partial charge in [0.1, 0.15) is 0 Å². The molecule has 0 spiro atoms. The molecule has 1 aliphatic heterocycles. The lowest BCUT2D eigenvalue weighted by atomic mass is 10.1. The summed E-state index contributed by atoms with van der Waals surface area (Å²) in [5.41, 5.74) is 2.12. The van der Waals surface area contributed by atoms with Crippen LogP contribution in [-0.4, -0.2) is 27.4 Å². The molecule has 5 heteroatoms. The molecular weight excluding hydrogens is 282 g/mol. The fraction of sp³-hybridized carbons (Fsp3) is 0.167. The zero-order valence-electron chi connectivity index (χ0n) is 9.22. The van der Waals surface area contributed by atoms with E-state index in [4.69, 9.17) is 0 Å². The first kappa shape index (κ1) is 10.5. The lowest BCUT2D eigenvalue weighted by molar-refractivity contribution is 0.0776. The van der Waals surface area contributed by atoms with Crippen LogP contribution in [-0.2, 0) is 6.54 Å². The highest BCUT2D eigenvalue weighted by Crippen LogP contribution is 2.25. The third kappa shape index (κ3) is 1.58. The van der Waals surface area contributed by atoms with Gasteiger partial charge in [-0.05, 0) is 17.7 Å². The Labute approximate surface area is 107 Å². The highest BCUT2D eigenvalue weighted by Gasteiger charge is 2.24. The molecule has 17 heavy (non-hydrogen) atoms. The van der Waals surface area contributed by atoms with Crippen LogP contribution in [0.4, 0.5) is 0 Å². The minimum absolute atomic E-state index is 0.0534. The monoisotopic (exact) mass is 291 g/mol. The van der Waals surface area contributed by atoms with Gasteiger partial charge in [-0.15, -0.1) is 0 Å². The van der Waals surface area contributed by atoms with E-state index in [1.165, 1.54) is 0 Å². The van der Waals surface area contributed by atoms with Gasteiger partial charge >= 0.3 is 0 Å². The quantitative estimate of drug-likeness (QED) is 0.746. The molecule has 1 aromatic heterocycles. The van der Waals surface area contributed by atoms with Crippen molar-refractivity contribution in [3.05, 3.63) is 46.5 Å². The number of carbonyl (C=O) groups is 1. The number of aromatic nitrogens is 2. The molecular formula is C12H10BrN3O. The van der Waals surface area contributed by atoms with Crippen molar-refractivity contribution >= 4 is 21.8 Å². The van der Waals surface area contributed by atoms with E-state index >= 15 is 0 Å². The lowest BCUT2D eigenvalue weighted by Gasteiger charge is -2.13. The Hall–Kier alpha value is -1.62. The molecule has 0 N–H and O–H groups in total. The second kappa shape index (κ2) is 3.70. The van der Waals surface area contributed by atoms with Crippen molar-refractivity contribution in [1.29, 1.82) is 0 Å². The van der Waals surface area contributed by atoms with E-state index in [9.17, 15) is 4.79 Å². The summed E-state index contributed by atoms with van der Waals surface area (Å²) >= 11 is 3.45. The minimum atomic E-state index is -0.0534. The summed E-state index contributed by atoms with van der Waals surface area (Å²) in [6.07, 6.45) is 3.47.